The lowest BCUT2D eigenvalue weighted by Crippen LogP contribution is -2.43. The molecule has 0 spiro atoms. The molecule has 0 amide bonds. The van der Waals surface area contributed by atoms with Gasteiger partial charge in [0.05, 0.1) is 6.10 Å². The standard InChI is InChI=1S/C23H33BrOSi/c1-23(2,3)26(4,5)25-22-13-9-12-20(18-22)11-8-6-7-10-19-14-16-21(24)17-15-19/h14-18,22H,6,8-9,11-13H2,1-5H3. The van der Waals surface area contributed by atoms with Crippen molar-refractivity contribution >= 4 is 24.2 Å². The van der Waals surface area contributed by atoms with E-state index in [2.05, 4.69) is 79.8 Å². The lowest BCUT2D eigenvalue weighted by atomic mass is 9.94. The third-order valence-corrected chi connectivity index (χ3v) is 10.6. The van der Waals surface area contributed by atoms with Crippen LogP contribution in [0.5, 0.6) is 0 Å². The number of hydrogen-bond donors (Lipinski definition) is 0. The highest BCUT2D eigenvalue weighted by Gasteiger charge is 2.39. The molecule has 1 nitrogen and oxygen atoms in total. The van der Waals surface area contributed by atoms with Crippen LogP contribution in [0.3, 0.4) is 0 Å². The molecule has 0 aromatic heterocycles. The zero-order valence-electron chi connectivity index (χ0n) is 17.0. The number of allylic oxidation sites excluding steroid dienone is 1. The maximum absolute atomic E-state index is 6.60. The second-order valence-electron chi connectivity index (χ2n) is 8.80. The predicted molar refractivity (Wildman–Crippen MR) is 119 cm³/mol. The van der Waals surface area contributed by atoms with Crippen molar-refractivity contribution in [2.75, 3.05) is 0 Å². The van der Waals surface area contributed by atoms with Crippen LogP contribution >= 0.6 is 15.9 Å². The number of benzene rings is 1. The molecule has 0 saturated heterocycles. The third-order valence-electron chi connectivity index (χ3n) is 5.54. The summed E-state index contributed by atoms with van der Waals surface area (Å²) in [6.07, 6.45) is 9.68. The Balaban J connectivity index is 1.82. The molecular formula is C23H33BrOSi. The summed E-state index contributed by atoms with van der Waals surface area (Å²) in [6, 6.07) is 8.20. The lowest BCUT2D eigenvalue weighted by molar-refractivity contribution is 0.204. The largest absolute Gasteiger partial charge is 0.411 e. The normalized spacial score (nSPS) is 18.1. The maximum Gasteiger partial charge on any atom is 0.192 e. The molecule has 1 aliphatic rings. The Bertz CT molecular complexity index is 671. The molecule has 0 radical (unpaired) electrons. The number of rotatable bonds is 5. The van der Waals surface area contributed by atoms with Gasteiger partial charge in [0, 0.05) is 16.5 Å². The van der Waals surface area contributed by atoms with Gasteiger partial charge in [-0.25, -0.2) is 0 Å². The number of halogens is 1. The minimum absolute atomic E-state index is 0.279. The van der Waals surface area contributed by atoms with Crippen LogP contribution in [-0.2, 0) is 4.43 Å². The molecule has 1 unspecified atom stereocenters. The first-order valence-corrected chi connectivity index (χ1v) is 13.5. The Morgan fingerprint density at radius 3 is 2.54 bits per heavy atom. The second-order valence-corrected chi connectivity index (χ2v) is 14.5. The predicted octanol–water partition coefficient (Wildman–Crippen LogP) is 7.47. The first-order chi connectivity index (χ1) is 12.2. The first kappa shape index (κ1) is 21.5. The summed E-state index contributed by atoms with van der Waals surface area (Å²) >= 11 is 3.45. The van der Waals surface area contributed by atoms with E-state index in [4.69, 9.17) is 4.43 Å². The maximum atomic E-state index is 6.60. The van der Waals surface area contributed by atoms with Crippen molar-refractivity contribution in [2.45, 2.75) is 83.5 Å². The number of unbranched alkanes of at least 4 members (excludes halogenated alkanes) is 1. The van der Waals surface area contributed by atoms with Gasteiger partial charge in [-0.3, -0.25) is 0 Å². The van der Waals surface area contributed by atoms with E-state index in [0.29, 0.717) is 6.10 Å². The summed E-state index contributed by atoms with van der Waals surface area (Å²) in [5.74, 6) is 6.57. The smallest absolute Gasteiger partial charge is 0.192 e. The zero-order chi connectivity index (χ0) is 19.2. The van der Waals surface area contributed by atoms with E-state index in [-0.39, 0.29) is 5.04 Å². The van der Waals surface area contributed by atoms with Crippen LogP contribution in [0.2, 0.25) is 18.1 Å². The van der Waals surface area contributed by atoms with Crippen LogP contribution in [0.4, 0.5) is 0 Å². The average molecular weight is 434 g/mol. The highest BCUT2D eigenvalue weighted by molar-refractivity contribution is 9.10. The van der Waals surface area contributed by atoms with E-state index < -0.39 is 8.32 Å². The molecule has 3 heteroatoms. The van der Waals surface area contributed by atoms with E-state index >= 15 is 0 Å². The van der Waals surface area contributed by atoms with Gasteiger partial charge in [-0.2, -0.15) is 0 Å². The number of hydrogen-bond acceptors (Lipinski definition) is 1. The quantitative estimate of drug-likeness (QED) is 0.203. The molecule has 2 rings (SSSR count). The average Bonchev–Trinajstić information content (AvgIpc) is 2.55. The van der Waals surface area contributed by atoms with Crippen LogP contribution in [0.25, 0.3) is 0 Å². The van der Waals surface area contributed by atoms with E-state index in [1.54, 1.807) is 5.57 Å². The van der Waals surface area contributed by atoms with Crippen molar-refractivity contribution in [3.8, 4) is 11.8 Å². The molecule has 1 aromatic rings. The topological polar surface area (TPSA) is 9.23 Å². The molecule has 1 aromatic carbocycles. The minimum Gasteiger partial charge on any atom is -0.411 e. The minimum atomic E-state index is -1.68. The monoisotopic (exact) mass is 432 g/mol. The molecule has 0 fully saturated rings. The Hall–Kier alpha value is -0.823. The van der Waals surface area contributed by atoms with Crippen molar-refractivity contribution in [3.05, 3.63) is 46.0 Å². The highest BCUT2D eigenvalue weighted by atomic mass is 79.9. The van der Waals surface area contributed by atoms with Gasteiger partial charge >= 0.3 is 0 Å². The van der Waals surface area contributed by atoms with Crippen molar-refractivity contribution < 1.29 is 4.43 Å². The molecule has 142 valence electrons. The van der Waals surface area contributed by atoms with Crippen LogP contribution in [0.15, 0.2) is 40.4 Å². The molecule has 0 bridgehead atoms. The summed E-state index contributed by atoms with van der Waals surface area (Å²) in [7, 11) is -1.68. The zero-order valence-corrected chi connectivity index (χ0v) is 19.6. The van der Waals surface area contributed by atoms with Gasteiger partial charge in [-0.15, -0.1) is 0 Å². The summed E-state index contributed by atoms with van der Waals surface area (Å²) in [5.41, 5.74) is 2.67. The molecule has 1 aliphatic carbocycles. The van der Waals surface area contributed by atoms with Crippen molar-refractivity contribution in [1.29, 1.82) is 0 Å². The van der Waals surface area contributed by atoms with Crippen molar-refractivity contribution in [1.82, 2.24) is 0 Å². The molecule has 0 heterocycles. The molecule has 26 heavy (non-hydrogen) atoms. The van der Waals surface area contributed by atoms with Gasteiger partial charge < -0.3 is 4.43 Å². The van der Waals surface area contributed by atoms with Crippen LogP contribution < -0.4 is 0 Å². The Morgan fingerprint density at radius 2 is 1.88 bits per heavy atom. The van der Waals surface area contributed by atoms with Gasteiger partial charge in [0.15, 0.2) is 8.32 Å². The summed E-state index contributed by atoms with van der Waals surface area (Å²) in [5, 5.41) is 0.279. The fourth-order valence-corrected chi connectivity index (χ4v) is 4.48. The SMILES string of the molecule is CC(C)(C)[Si](C)(C)OC1C=C(CCCC#Cc2ccc(Br)cc2)CCC1. The fraction of sp³-hybridized carbons (Fsp3) is 0.565. The second kappa shape index (κ2) is 9.40. The Kier molecular flexibility index (Phi) is 7.76. The molecule has 0 saturated carbocycles. The highest BCUT2D eigenvalue weighted by Crippen LogP contribution is 2.39. The van der Waals surface area contributed by atoms with E-state index in [1.165, 1.54) is 19.3 Å². The molecule has 1 atom stereocenters. The van der Waals surface area contributed by atoms with Crippen LogP contribution in [0.1, 0.15) is 64.9 Å². The first-order valence-electron chi connectivity index (χ1n) is 9.79. The van der Waals surface area contributed by atoms with Crippen molar-refractivity contribution in [3.63, 3.8) is 0 Å². The van der Waals surface area contributed by atoms with E-state index in [0.717, 1.165) is 29.3 Å². The van der Waals surface area contributed by atoms with Gasteiger partial charge in [0.2, 0.25) is 0 Å². The summed E-state index contributed by atoms with van der Waals surface area (Å²) in [6.45, 7) is 11.7. The molecular weight excluding hydrogens is 400 g/mol. The Morgan fingerprint density at radius 1 is 1.19 bits per heavy atom. The molecule has 0 aliphatic heterocycles. The van der Waals surface area contributed by atoms with Crippen LogP contribution in [0, 0.1) is 11.8 Å². The van der Waals surface area contributed by atoms with Crippen LogP contribution in [-0.4, -0.2) is 14.4 Å². The summed E-state index contributed by atoms with van der Waals surface area (Å²) in [4.78, 5) is 0. The molecule has 0 N–H and O–H groups in total. The van der Waals surface area contributed by atoms with Gasteiger partial charge in [0.25, 0.3) is 0 Å². The Labute approximate surface area is 169 Å². The van der Waals surface area contributed by atoms with E-state index in [1.807, 2.05) is 12.1 Å². The fourth-order valence-electron chi connectivity index (χ4n) is 2.92. The summed E-state index contributed by atoms with van der Waals surface area (Å²) < 4.78 is 7.70. The van der Waals surface area contributed by atoms with Gasteiger partial charge in [-0.05, 0) is 74.5 Å². The lowest BCUT2D eigenvalue weighted by Gasteiger charge is -2.39. The third kappa shape index (κ3) is 6.72. The van der Waals surface area contributed by atoms with Gasteiger partial charge in [-0.1, -0.05) is 60.2 Å². The van der Waals surface area contributed by atoms with Gasteiger partial charge in [0.1, 0.15) is 0 Å². The van der Waals surface area contributed by atoms with Crippen molar-refractivity contribution in [2.24, 2.45) is 0 Å². The van der Waals surface area contributed by atoms with E-state index in [9.17, 15) is 0 Å².